The van der Waals surface area contributed by atoms with Crippen LogP contribution in [0.1, 0.15) is 32.6 Å². The molecule has 0 aliphatic heterocycles. The zero-order chi connectivity index (χ0) is 13.2. The highest BCUT2D eigenvalue weighted by Crippen LogP contribution is 2.16. The van der Waals surface area contributed by atoms with E-state index < -0.39 is 0 Å². The molecule has 102 valence electrons. The molecule has 2 N–H and O–H groups in total. The normalized spacial score (nSPS) is 10.4. The van der Waals surface area contributed by atoms with Crippen molar-refractivity contribution >= 4 is 11.5 Å². The molecule has 0 spiro atoms. The van der Waals surface area contributed by atoms with Gasteiger partial charge in [-0.1, -0.05) is 6.92 Å². The van der Waals surface area contributed by atoms with E-state index >= 15 is 0 Å². The Balaban J connectivity index is 2.43. The summed E-state index contributed by atoms with van der Waals surface area (Å²) in [6.45, 7) is 4.40. The summed E-state index contributed by atoms with van der Waals surface area (Å²) in [7, 11) is 2.10. The Morgan fingerprint density at radius 1 is 1.33 bits per heavy atom. The molecule has 0 atom stereocenters. The molecule has 4 nitrogen and oxygen atoms in total. The molecule has 4 heteroatoms. The van der Waals surface area contributed by atoms with Gasteiger partial charge in [0, 0.05) is 44.7 Å². The van der Waals surface area contributed by atoms with Gasteiger partial charge in [-0.3, -0.25) is 0 Å². The lowest BCUT2D eigenvalue weighted by molar-refractivity contribution is 0.283. The van der Waals surface area contributed by atoms with Gasteiger partial charge in [-0.15, -0.1) is 0 Å². The Morgan fingerprint density at radius 2 is 2.17 bits per heavy atom. The Hall–Kier alpha value is -1.29. The molecule has 0 unspecified atom stereocenters. The first-order valence-electron chi connectivity index (χ1n) is 6.80. The van der Waals surface area contributed by atoms with Gasteiger partial charge in [0.2, 0.25) is 0 Å². The van der Waals surface area contributed by atoms with Crippen LogP contribution < -0.4 is 10.2 Å². The van der Waals surface area contributed by atoms with Gasteiger partial charge in [0.1, 0.15) is 5.82 Å². The van der Waals surface area contributed by atoms with E-state index in [-0.39, 0.29) is 0 Å². The van der Waals surface area contributed by atoms with Crippen LogP contribution in [0.15, 0.2) is 18.3 Å². The summed E-state index contributed by atoms with van der Waals surface area (Å²) in [5, 5.41) is 12.0. The van der Waals surface area contributed by atoms with E-state index in [9.17, 15) is 0 Å². The van der Waals surface area contributed by atoms with Crippen molar-refractivity contribution in [2.45, 2.75) is 32.6 Å². The first-order chi connectivity index (χ1) is 8.77. The fourth-order valence-electron chi connectivity index (χ4n) is 1.77. The third-order valence-corrected chi connectivity index (χ3v) is 2.89. The second-order valence-electron chi connectivity index (χ2n) is 4.53. The lowest BCUT2D eigenvalue weighted by atomic mass is 10.2. The maximum Gasteiger partial charge on any atom is 0.127 e. The fraction of sp³-hybridized carbons (Fsp3) is 0.643. The highest BCUT2D eigenvalue weighted by Gasteiger charge is 2.02. The van der Waals surface area contributed by atoms with E-state index in [0.717, 1.165) is 44.6 Å². The zero-order valence-corrected chi connectivity index (χ0v) is 11.5. The maximum absolute atomic E-state index is 8.74. The van der Waals surface area contributed by atoms with E-state index in [0.29, 0.717) is 6.61 Å². The predicted molar refractivity (Wildman–Crippen MR) is 77.2 cm³/mol. The predicted octanol–water partition coefficient (Wildman–Crippen LogP) is 2.50. The molecular weight excluding hydrogens is 226 g/mol. The van der Waals surface area contributed by atoms with Gasteiger partial charge in [-0.2, -0.15) is 0 Å². The average molecular weight is 251 g/mol. The molecule has 1 aromatic heterocycles. The number of nitrogens with zero attached hydrogens (tertiary/aromatic N) is 2. The number of pyridine rings is 1. The molecule has 0 amide bonds. The highest BCUT2D eigenvalue weighted by molar-refractivity contribution is 5.53. The van der Waals surface area contributed by atoms with Crippen LogP contribution >= 0.6 is 0 Å². The third kappa shape index (κ3) is 5.36. The molecule has 18 heavy (non-hydrogen) atoms. The van der Waals surface area contributed by atoms with Crippen molar-refractivity contribution in [2.24, 2.45) is 0 Å². The minimum absolute atomic E-state index is 0.296. The standard InChI is InChI=1S/C14H25N3O/c1-3-8-15-14-12-13(7-9-16-14)17(2)10-5-4-6-11-18/h7,9,12,18H,3-6,8,10-11H2,1-2H3,(H,15,16). The van der Waals surface area contributed by atoms with Crippen LogP contribution in [-0.2, 0) is 0 Å². The molecule has 0 radical (unpaired) electrons. The van der Waals surface area contributed by atoms with Crippen LogP contribution in [0.2, 0.25) is 0 Å². The number of aromatic nitrogens is 1. The van der Waals surface area contributed by atoms with Crippen molar-refractivity contribution in [1.29, 1.82) is 0 Å². The summed E-state index contributed by atoms with van der Waals surface area (Å²) >= 11 is 0. The van der Waals surface area contributed by atoms with Gasteiger partial charge in [0.25, 0.3) is 0 Å². The number of aliphatic hydroxyl groups excluding tert-OH is 1. The number of hydrogen-bond acceptors (Lipinski definition) is 4. The summed E-state index contributed by atoms with van der Waals surface area (Å²) in [5.41, 5.74) is 1.19. The minimum Gasteiger partial charge on any atom is -0.396 e. The van der Waals surface area contributed by atoms with E-state index in [4.69, 9.17) is 5.11 Å². The first-order valence-corrected chi connectivity index (χ1v) is 6.80. The van der Waals surface area contributed by atoms with Crippen molar-refractivity contribution in [3.63, 3.8) is 0 Å². The fourth-order valence-corrected chi connectivity index (χ4v) is 1.77. The number of rotatable bonds is 9. The van der Waals surface area contributed by atoms with Crippen LogP contribution in [0.5, 0.6) is 0 Å². The summed E-state index contributed by atoms with van der Waals surface area (Å²) in [6.07, 6.45) is 6.03. The second kappa shape index (κ2) is 8.75. The third-order valence-electron chi connectivity index (χ3n) is 2.89. The van der Waals surface area contributed by atoms with Gasteiger partial charge in [-0.25, -0.2) is 4.98 Å². The summed E-state index contributed by atoms with van der Waals surface area (Å²) < 4.78 is 0. The monoisotopic (exact) mass is 251 g/mol. The number of unbranched alkanes of at least 4 members (excludes halogenated alkanes) is 2. The zero-order valence-electron chi connectivity index (χ0n) is 11.5. The molecule has 0 fully saturated rings. The van der Waals surface area contributed by atoms with Gasteiger partial charge < -0.3 is 15.3 Å². The van der Waals surface area contributed by atoms with Crippen molar-refractivity contribution in [3.8, 4) is 0 Å². The first kappa shape index (κ1) is 14.8. The van der Waals surface area contributed by atoms with Gasteiger partial charge in [-0.05, 0) is 31.7 Å². The van der Waals surface area contributed by atoms with E-state index in [1.165, 1.54) is 5.69 Å². The van der Waals surface area contributed by atoms with Gasteiger partial charge >= 0.3 is 0 Å². The van der Waals surface area contributed by atoms with Crippen LogP contribution in [0.3, 0.4) is 0 Å². The molecule has 0 saturated carbocycles. The topological polar surface area (TPSA) is 48.4 Å². The Kier molecular flexibility index (Phi) is 7.18. The van der Waals surface area contributed by atoms with Crippen LogP contribution in [0, 0.1) is 0 Å². The van der Waals surface area contributed by atoms with Gasteiger partial charge in [0.15, 0.2) is 0 Å². The number of hydrogen-bond donors (Lipinski definition) is 2. The average Bonchev–Trinajstić information content (AvgIpc) is 2.41. The maximum atomic E-state index is 8.74. The van der Waals surface area contributed by atoms with E-state index in [2.05, 4.69) is 35.2 Å². The molecule has 0 saturated heterocycles. The summed E-state index contributed by atoms with van der Waals surface area (Å²) in [6, 6.07) is 4.12. The van der Waals surface area contributed by atoms with Gasteiger partial charge in [0.05, 0.1) is 0 Å². The Labute approximate surface area is 110 Å². The Bertz CT molecular complexity index is 331. The molecule has 0 bridgehead atoms. The molecular formula is C14H25N3O. The summed E-state index contributed by atoms with van der Waals surface area (Å²) in [5.74, 6) is 0.941. The van der Waals surface area contributed by atoms with E-state index in [1.807, 2.05) is 12.3 Å². The minimum atomic E-state index is 0.296. The van der Waals surface area contributed by atoms with Crippen molar-refractivity contribution < 1.29 is 5.11 Å². The van der Waals surface area contributed by atoms with Crippen LogP contribution in [0.4, 0.5) is 11.5 Å². The molecule has 1 heterocycles. The highest BCUT2D eigenvalue weighted by atomic mass is 16.2. The molecule has 0 aromatic carbocycles. The SMILES string of the molecule is CCCNc1cc(N(C)CCCCCO)ccn1. The van der Waals surface area contributed by atoms with Crippen molar-refractivity contribution in [1.82, 2.24) is 4.98 Å². The molecule has 0 aliphatic carbocycles. The largest absolute Gasteiger partial charge is 0.396 e. The lowest BCUT2D eigenvalue weighted by Crippen LogP contribution is -2.18. The molecule has 1 rings (SSSR count). The smallest absolute Gasteiger partial charge is 0.127 e. The number of aliphatic hydroxyl groups is 1. The van der Waals surface area contributed by atoms with Crippen LogP contribution in [-0.4, -0.2) is 36.8 Å². The second-order valence-corrected chi connectivity index (χ2v) is 4.53. The summed E-state index contributed by atoms with van der Waals surface area (Å²) in [4.78, 5) is 6.53. The number of nitrogens with one attached hydrogen (secondary N) is 1. The van der Waals surface area contributed by atoms with Crippen molar-refractivity contribution in [2.75, 3.05) is 37.0 Å². The van der Waals surface area contributed by atoms with E-state index in [1.54, 1.807) is 0 Å². The quantitative estimate of drug-likeness (QED) is 0.662. The molecule has 1 aromatic rings. The molecule has 0 aliphatic rings. The van der Waals surface area contributed by atoms with Crippen LogP contribution in [0.25, 0.3) is 0 Å². The lowest BCUT2D eigenvalue weighted by Gasteiger charge is -2.19. The Morgan fingerprint density at radius 3 is 2.89 bits per heavy atom. The number of anilines is 2. The van der Waals surface area contributed by atoms with Crippen molar-refractivity contribution in [3.05, 3.63) is 18.3 Å².